The molecule has 2 bridgehead atoms. The molecule has 89 heavy (non-hydrogen) atoms. The van der Waals surface area contributed by atoms with Crippen molar-refractivity contribution >= 4 is 47.7 Å². The third-order valence-corrected chi connectivity index (χ3v) is 19.8. The van der Waals surface area contributed by atoms with Gasteiger partial charge in [0.1, 0.15) is 36.1 Å². The number of ketones is 1. The van der Waals surface area contributed by atoms with E-state index < -0.39 is 125 Å². The smallest absolute Gasteiger partial charge is 0.455 e. The van der Waals surface area contributed by atoms with Crippen LogP contribution in [0, 0.1) is 34.5 Å². The quantitative estimate of drug-likeness (QED) is 0.0335. The van der Waals surface area contributed by atoms with E-state index in [9.17, 15) is 39.0 Å². The maximum Gasteiger partial charge on any atom is 0.508 e. The first-order chi connectivity index (χ1) is 42.4. The maximum atomic E-state index is 15.9. The molecule has 22 nitrogen and oxygen atoms in total. The number of aliphatic hydroxyl groups is 2. The Kier molecular flexibility index (Phi) is 18.7. The van der Waals surface area contributed by atoms with E-state index in [-0.39, 0.29) is 60.2 Å². The zero-order valence-electron chi connectivity index (χ0n) is 51.5. The molecule has 1 aromatic heterocycles. The summed E-state index contributed by atoms with van der Waals surface area (Å²) in [4.78, 5) is 114. The highest BCUT2D eigenvalue weighted by molar-refractivity contribution is 5.96. The molecule has 0 spiro atoms. The molecule has 4 aromatic rings. The minimum Gasteiger partial charge on any atom is -0.455 e. The van der Waals surface area contributed by atoms with Gasteiger partial charge in [-0.2, -0.15) is 0 Å². The van der Waals surface area contributed by atoms with Crippen molar-refractivity contribution in [1.29, 1.82) is 0 Å². The normalized spacial score (nSPS) is 29.9. The Morgan fingerprint density at radius 2 is 1.48 bits per heavy atom. The van der Waals surface area contributed by atoms with Gasteiger partial charge in [0.15, 0.2) is 17.5 Å². The predicted molar refractivity (Wildman–Crippen MR) is 315 cm³/mol. The Labute approximate surface area is 516 Å². The minimum absolute atomic E-state index is 0.0394. The van der Waals surface area contributed by atoms with Crippen molar-refractivity contribution in [3.8, 4) is 0 Å². The molecule has 10 rings (SSSR count). The van der Waals surface area contributed by atoms with Crippen molar-refractivity contribution in [3.63, 3.8) is 0 Å². The Morgan fingerprint density at radius 1 is 0.831 bits per heavy atom. The van der Waals surface area contributed by atoms with E-state index in [2.05, 4.69) is 15.6 Å². The van der Waals surface area contributed by atoms with Crippen molar-refractivity contribution in [3.05, 3.63) is 130 Å². The molecule has 1 unspecified atom stereocenters. The number of rotatable bonds is 20. The molecule has 3 saturated carbocycles. The fourth-order valence-corrected chi connectivity index (χ4v) is 14.7. The van der Waals surface area contributed by atoms with E-state index in [1.807, 2.05) is 18.5 Å². The van der Waals surface area contributed by atoms with Gasteiger partial charge < -0.3 is 53.4 Å². The summed E-state index contributed by atoms with van der Waals surface area (Å²) in [5.41, 5.74) is -5.57. The number of nitrogens with one attached hydrogen (secondary N) is 1. The Hall–Kier alpha value is -7.82. The monoisotopic (exact) mass is 1230 g/mol. The molecule has 476 valence electrons. The second-order valence-corrected chi connectivity index (χ2v) is 25.4. The largest absolute Gasteiger partial charge is 0.508 e. The van der Waals surface area contributed by atoms with Crippen LogP contribution in [0.4, 0.5) is 4.79 Å². The summed E-state index contributed by atoms with van der Waals surface area (Å²) in [6, 6.07) is 23.0. The van der Waals surface area contributed by atoms with Gasteiger partial charge in [0.05, 0.1) is 47.6 Å². The van der Waals surface area contributed by atoms with Gasteiger partial charge in [0.25, 0.3) is 5.91 Å². The first-order valence-electron chi connectivity index (χ1n) is 30.9. The number of hydrogen-bond donors (Lipinski definition) is 3. The number of esters is 5. The topological polar surface area (TPSA) is 294 Å². The van der Waals surface area contributed by atoms with Crippen molar-refractivity contribution < 1.29 is 86.5 Å². The number of amides is 1. The molecular weight excluding hydrogens is 1150 g/mol. The second kappa shape index (κ2) is 26.0. The van der Waals surface area contributed by atoms with Crippen LogP contribution in [-0.2, 0) is 81.3 Å². The van der Waals surface area contributed by atoms with Gasteiger partial charge in [-0.25, -0.2) is 19.1 Å². The maximum absolute atomic E-state index is 15.9. The Balaban J connectivity index is 0.962. The van der Waals surface area contributed by atoms with E-state index >= 15 is 9.59 Å². The summed E-state index contributed by atoms with van der Waals surface area (Å²) >= 11 is 0. The van der Waals surface area contributed by atoms with Crippen LogP contribution in [0.25, 0.3) is 0 Å². The molecule has 3 N–H and O–H groups in total. The van der Waals surface area contributed by atoms with E-state index in [0.29, 0.717) is 43.4 Å². The molecule has 1 aliphatic heterocycles. The van der Waals surface area contributed by atoms with Crippen LogP contribution in [-0.4, -0.2) is 140 Å². The number of unbranched alkanes of at least 4 members (excludes halogenated alkanes) is 1. The fourth-order valence-electron chi connectivity index (χ4n) is 14.7. The molecule has 4 fully saturated rings. The molecule has 3 aromatic carbocycles. The molecule has 1 saturated heterocycles. The average molecular weight is 1230 g/mol. The second-order valence-electron chi connectivity index (χ2n) is 25.4. The standard InChI is InChI=1S/C67H80N4O18/c1-9-37(2)84-63(80)82-35-46-44-28-30-47-48(31-29-45(44)46)71(70-69-47)32-20-19-27-52(75)87-56(54(41-21-13-10-14-22-41)68-60(77)42-23-15-11-16-24-42)62(79)86-49-34-67(81)59(88-61(78)43-25-17-12-18-26-43)57-65(8,50(74)33-51-66(57,36-83-51)89-40(5)73)58(76)55(85-39(4)72)53(38(49)3)64(67,6)7/h10-18,21-26,37,44-46,49-51,54-57,59,74,81H,9,19-20,27-36H2,1-8H3,(H,68,77)/t37?,44-,45+,46-,49-,50-,51+,54+,55+,56+,57-,59-,65+,66-,67+/m0/s1. The van der Waals surface area contributed by atoms with Crippen LogP contribution in [0.1, 0.15) is 150 Å². The third kappa shape index (κ3) is 12.5. The number of Topliss-reactive ketones (excluding diaryl/α,β-unsaturated/α-hetero) is 1. The molecule has 0 radical (unpaired) electrons. The number of nitrogens with zero attached hydrogens (tertiary/aromatic N) is 3. The highest BCUT2D eigenvalue weighted by Crippen LogP contribution is 2.65. The van der Waals surface area contributed by atoms with Crippen LogP contribution in [0.3, 0.4) is 0 Å². The van der Waals surface area contributed by atoms with E-state index in [1.54, 1.807) is 92.7 Å². The lowest BCUT2D eigenvalue weighted by Gasteiger charge is -2.67. The first kappa shape index (κ1) is 64.2. The number of carbonyl (C=O) groups is 8. The highest BCUT2D eigenvalue weighted by Gasteiger charge is 2.78. The van der Waals surface area contributed by atoms with Gasteiger partial charge >= 0.3 is 36.0 Å². The summed E-state index contributed by atoms with van der Waals surface area (Å²) in [6.07, 6.45) is -7.31. The number of hydrogen-bond acceptors (Lipinski definition) is 20. The highest BCUT2D eigenvalue weighted by atomic mass is 16.7. The fraction of sp³-hybridized carbons (Fsp3) is 0.552. The van der Waals surface area contributed by atoms with Crippen molar-refractivity contribution in [1.82, 2.24) is 20.3 Å². The van der Waals surface area contributed by atoms with Gasteiger partial charge in [-0.3, -0.25) is 24.0 Å². The minimum atomic E-state index is -2.48. The molecule has 1 amide bonds. The van der Waals surface area contributed by atoms with Gasteiger partial charge in [-0.05, 0) is 124 Å². The number of aliphatic hydroxyl groups excluding tert-OH is 1. The average Bonchev–Trinajstić information content (AvgIpc) is 1.47. The summed E-state index contributed by atoms with van der Waals surface area (Å²) in [6.45, 7) is 12.4. The van der Waals surface area contributed by atoms with Crippen LogP contribution in [0.2, 0.25) is 0 Å². The lowest BCUT2D eigenvalue weighted by Crippen LogP contribution is -2.82. The first-order valence-corrected chi connectivity index (χ1v) is 30.9. The van der Waals surface area contributed by atoms with E-state index in [4.69, 9.17) is 37.9 Å². The summed E-state index contributed by atoms with van der Waals surface area (Å²) < 4.78 is 50.1. The van der Waals surface area contributed by atoms with E-state index in [1.165, 1.54) is 26.0 Å². The Bertz CT molecular complexity index is 3350. The summed E-state index contributed by atoms with van der Waals surface area (Å²) in [5, 5.41) is 38.4. The number of carbonyl (C=O) groups excluding carboxylic acids is 8. The molecular formula is C67H80N4O18. The number of aryl methyl sites for hydroxylation is 2. The molecule has 15 atom stereocenters. The van der Waals surface area contributed by atoms with E-state index in [0.717, 1.165) is 50.9 Å². The van der Waals surface area contributed by atoms with Crippen molar-refractivity contribution in [2.45, 2.75) is 186 Å². The van der Waals surface area contributed by atoms with Crippen LogP contribution in [0.5, 0.6) is 0 Å². The number of fused-ring (bicyclic) bond motifs is 7. The number of aromatic nitrogens is 3. The Morgan fingerprint density at radius 3 is 2.11 bits per heavy atom. The number of ether oxygens (including phenoxy) is 8. The molecule has 22 heteroatoms. The van der Waals surface area contributed by atoms with Gasteiger partial charge in [-0.1, -0.05) is 92.7 Å². The summed E-state index contributed by atoms with van der Waals surface area (Å²) in [7, 11) is 0. The molecule has 2 heterocycles. The zero-order chi connectivity index (χ0) is 63.7. The molecule has 6 aliphatic rings. The third-order valence-electron chi connectivity index (χ3n) is 19.8. The number of benzene rings is 3. The van der Waals surface area contributed by atoms with Crippen molar-refractivity contribution in [2.24, 2.45) is 34.5 Å². The van der Waals surface area contributed by atoms with Gasteiger partial charge in [0, 0.05) is 50.6 Å². The van der Waals surface area contributed by atoms with Crippen LogP contribution < -0.4 is 5.32 Å². The van der Waals surface area contributed by atoms with Crippen LogP contribution >= 0.6 is 0 Å². The van der Waals surface area contributed by atoms with Crippen LogP contribution in [0.15, 0.2) is 102 Å². The van der Waals surface area contributed by atoms with Gasteiger partial charge in [0.2, 0.25) is 6.10 Å². The van der Waals surface area contributed by atoms with Crippen molar-refractivity contribution in [2.75, 3.05) is 13.2 Å². The summed E-state index contributed by atoms with van der Waals surface area (Å²) in [5.74, 6) is -6.80. The molecule has 5 aliphatic carbocycles. The zero-order valence-corrected chi connectivity index (χ0v) is 51.5. The van der Waals surface area contributed by atoms with Gasteiger partial charge in [-0.15, -0.1) is 5.10 Å². The SMILES string of the molecule is CCC(C)OC(=O)OC[C@@H]1[C@@H]2CCc3c(nnn3CCCCC(=O)O[C@@H](C(=O)O[C@H]3C[C@@]4(O)[C@@H](OC(=O)c5ccccc5)[C@@H]5[C@]6(OC(C)=O)CO[C@@H]6C[C@H](O)[C@@]5(C)C(=O)[C@H](OC(C)=O)C(=C3C)C4(C)C)[C@H](NC(=O)c3ccccc3)c3ccccc3)CC[C@@H]21. The lowest BCUT2D eigenvalue weighted by molar-refractivity contribution is -0.346. The predicted octanol–water partition coefficient (Wildman–Crippen LogP) is 7.44. The lowest BCUT2D eigenvalue weighted by atomic mass is 9.44.